The Kier molecular flexibility index (Phi) is 3.26. The SMILES string of the molecule is CC(=O)C1CC=CN1S(=O)(=O)c1ccc(C)cc1. The van der Waals surface area contributed by atoms with Crippen molar-refractivity contribution in [1.29, 1.82) is 0 Å². The fraction of sp³-hybridized carbons (Fsp3) is 0.308. The Morgan fingerprint density at radius 3 is 2.44 bits per heavy atom. The van der Waals surface area contributed by atoms with Gasteiger partial charge in [-0.3, -0.25) is 9.10 Å². The minimum Gasteiger partial charge on any atom is -0.298 e. The molecule has 0 bridgehead atoms. The van der Waals surface area contributed by atoms with E-state index in [-0.39, 0.29) is 10.7 Å². The van der Waals surface area contributed by atoms with Gasteiger partial charge in [0.15, 0.2) is 5.78 Å². The number of Topliss-reactive ketones (excluding diaryl/α,β-unsaturated/α-hetero) is 1. The van der Waals surface area contributed by atoms with E-state index in [1.54, 1.807) is 30.3 Å². The summed E-state index contributed by atoms with van der Waals surface area (Å²) in [7, 11) is -3.62. The number of rotatable bonds is 3. The third kappa shape index (κ3) is 2.18. The van der Waals surface area contributed by atoms with Crippen molar-refractivity contribution in [2.75, 3.05) is 0 Å². The summed E-state index contributed by atoms with van der Waals surface area (Å²) in [6.45, 7) is 3.31. The lowest BCUT2D eigenvalue weighted by atomic mass is 10.2. The van der Waals surface area contributed by atoms with Gasteiger partial charge in [0.05, 0.1) is 4.90 Å². The molecule has 1 aromatic rings. The van der Waals surface area contributed by atoms with Gasteiger partial charge in [-0.1, -0.05) is 23.8 Å². The first-order chi connectivity index (χ1) is 8.43. The third-order valence-corrected chi connectivity index (χ3v) is 4.78. The van der Waals surface area contributed by atoms with E-state index >= 15 is 0 Å². The van der Waals surface area contributed by atoms with Gasteiger partial charge in [0.25, 0.3) is 10.0 Å². The second kappa shape index (κ2) is 4.57. The molecule has 1 unspecified atom stereocenters. The van der Waals surface area contributed by atoms with Crippen LogP contribution in [-0.4, -0.2) is 24.5 Å². The summed E-state index contributed by atoms with van der Waals surface area (Å²) in [6.07, 6.45) is 3.62. The van der Waals surface area contributed by atoms with Crippen LogP contribution in [0.15, 0.2) is 41.4 Å². The van der Waals surface area contributed by atoms with Crippen molar-refractivity contribution in [1.82, 2.24) is 4.31 Å². The number of hydrogen-bond donors (Lipinski definition) is 0. The van der Waals surface area contributed by atoms with Crippen LogP contribution < -0.4 is 0 Å². The molecule has 0 radical (unpaired) electrons. The molecule has 4 nitrogen and oxygen atoms in total. The standard InChI is InChI=1S/C13H15NO3S/c1-10-5-7-12(8-6-10)18(16,17)14-9-3-4-13(14)11(2)15/h3,5-9,13H,4H2,1-2H3. The van der Waals surface area contributed by atoms with Gasteiger partial charge in [0.1, 0.15) is 6.04 Å². The number of nitrogens with zero attached hydrogens (tertiary/aromatic N) is 1. The lowest BCUT2D eigenvalue weighted by molar-refractivity contribution is -0.119. The molecule has 1 aromatic carbocycles. The first-order valence-corrected chi connectivity index (χ1v) is 7.14. The van der Waals surface area contributed by atoms with E-state index < -0.39 is 16.1 Å². The molecule has 1 aliphatic heterocycles. The lowest BCUT2D eigenvalue weighted by Gasteiger charge is -2.23. The van der Waals surface area contributed by atoms with E-state index in [0.717, 1.165) is 9.87 Å². The van der Waals surface area contributed by atoms with Crippen molar-refractivity contribution < 1.29 is 13.2 Å². The molecule has 1 heterocycles. The number of aryl methyl sites for hydroxylation is 1. The van der Waals surface area contributed by atoms with Crippen molar-refractivity contribution in [3.05, 3.63) is 42.1 Å². The van der Waals surface area contributed by atoms with Crippen molar-refractivity contribution in [3.63, 3.8) is 0 Å². The largest absolute Gasteiger partial charge is 0.298 e. The average Bonchev–Trinajstić information content (AvgIpc) is 2.79. The van der Waals surface area contributed by atoms with Crippen LogP contribution in [0.4, 0.5) is 0 Å². The summed E-state index contributed by atoms with van der Waals surface area (Å²) < 4.78 is 25.9. The van der Waals surface area contributed by atoms with Crippen LogP contribution in [0.3, 0.4) is 0 Å². The van der Waals surface area contributed by atoms with E-state index in [9.17, 15) is 13.2 Å². The average molecular weight is 265 g/mol. The Bertz CT molecular complexity index is 587. The van der Waals surface area contributed by atoms with E-state index in [2.05, 4.69) is 0 Å². The molecule has 0 saturated heterocycles. The monoisotopic (exact) mass is 265 g/mol. The topological polar surface area (TPSA) is 54.5 Å². The number of benzene rings is 1. The molecule has 0 fully saturated rings. The summed E-state index contributed by atoms with van der Waals surface area (Å²) in [5.74, 6) is -0.143. The molecule has 0 aromatic heterocycles. The second-order valence-corrected chi connectivity index (χ2v) is 6.24. The van der Waals surface area contributed by atoms with E-state index in [0.29, 0.717) is 6.42 Å². The molecule has 0 N–H and O–H groups in total. The molecule has 2 rings (SSSR count). The Balaban J connectivity index is 2.39. The fourth-order valence-electron chi connectivity index (χ4n) is 1.93. The highest BCUT2D eigenvalue weighted by Crippen LogP contribution is 2.25. The molecular formula is C13H15NO3S. The maximum atomic E-state index is 12.4. The van der Waals surface area contributed by atoms with Crippen LogP contribution >= 0.6 is 0 Å². The van der Waals surface area contributed by atoms with E-state index in [1.165, 1.54) is 13.1 Å². The molecule has 0 aliphatic carbocycles. The van der Waals surface area contributed by atoms with Crippen LogP contribution in [0.1, 0.15) is 18.9 Å². The highest BCUT2D eigenvalue weighted by Gasteiger charge is 2.33. The molecule has 0 amide bonds. The normalized spacial score (nSPS) is 19.2. The van der Waals surface area contributed by atoms with Gasteiger partial charge < -0.3 is 0 Å². The van der Waals surface area contributed by atoms with E-state index in [4.69, 9.17) is 0 Å². The van der Waals surface area contributed by atoms with Crippen LogP contribution in [-0.2, 0) is 14.8 Å². The molecule has 0 saturated carbocycles. The minimum absolute atomic E-state index is 0.143. The van der Waals surface area contributed by atoms with Crippen LogP contribution in [0.25, 0.3) is 0 Å². The molecule has 18 heavy (non-hydrogen) atoms. The van der Waals surface area contributed by atoms with Crippen LogP contribution in [0.2, 0.25) is 0 Å². The zero-order chi connectivity index (χ0) is 13.3. The maximum Gasteiger partial charge on any atom is 0.264 e. The van der Waals surface area contributed by atoms with Gasteiger partial charge in [0.2, 0.25) is 0 Å². The first-order valence-electron chi connectivity index (χ1n) is 5.70. The predicted octanol–water partition coefficient (Wildman–Crippen LogP) is 1.86. The predicted molar refractivity (Wildman–Crippen MR) is 68.4 cm³/mol. The van der Waals surface area contributed by atoms with Crippen molar-refractivity contribution >= 4 is 15.8 Å². The third-order valence-electron chi connectivity index (χ3n) is 2.98. The Labute approximate surface area is 107 Å². The van der Waals surface area contributed by atoms with E-state index in [1.807, 2.05) is 6.92 Å². The van der Waals surface area contributed by atoms with Crippen molar-refractivity contribution in [2.24, 2.45) is 0 Å². The Hall–Kier alpha value is -1.62. The number of hydrogen-bond acceptors (Lipinski definition) is 3. The molecule has 0 spiro atoms. The minimum atomic E-state index is -3.62. The van der Waals surface area contributed by atoms with Gasteiger partial charge >= 0.3 is 0 Å². The molecule has 5 heteroatoms. The Morgan fingerprint density at radius 1 is 1.28 bits per heavy atom. The summed E-state index contributed by atoms with van der Waals surface area (Å²) >= 11 is 0. The highest BCUT2D eigenvalue weighted by molar-refractivity contribution is 7.89. The quantitative estimate of drug-likeness (QED) is 0.838. The van der Waals surface area contributed by atoms with Crippen LogP contribution in [0.5, 0.6) is 0 Å². The second-order valence-electron chi connectivity index (χ2n) is 4.39. The zero-order valence-corrected chi connectivity index (χ0v) is 11.1. The van der Waals surface area contributed by atoms with Crippen molar-refractivity contribution in [2.45, 2.75) is 31.2 Å². The summed E-state index contributed by atoms with van der Waals surface area (Å²) in [5.41, 5.74) is 0.994. The van der Waals surface area contributed by atoms with Crippen molar-refractivity contribution in [3.8, 4) is 0 Å². The van der Waals surface area contributed by atoms with Gasteiger partial charge in [-0.25, -0.2) is 8.42 Å². The Morgan fingerprint density at radius 2 is 1.89 bits per heavy atom. The summed E-state index contributed by atoms with van der Waals surface area (Å²) in [6, 6.07) is 6.02. The lowest BCUT2D eigenvalue weighted by Crippen LogP contribution is -2.37. The summed E-state index contributed by atoms with van der Waals surface area (Å²) in [4.78, 5) is 11.7. The maximum absolute atomic E-state index is 12.4. The number of carbonyl (C=O) groups excluding carboxylic acids is 1. The highest BCUT2D eigenvalue weighted by atomic mass is 32.2. The van der Waals surface area contributed by atoms with Crippen LogP contribution in [0, 0.1) is 6.92 Å². The van der Waals surface area contributed by atoms with Gasteiger partial charge in [-0.2, -0.15) is 0 Å². The summed E-state index contributed by atoms with van der Waals surface area (Å²) in [5, 5.41) is 0. The number of ketones is 1. The fourth-order valence-corrected chi connectivity index (χ4v) is 3.47. The molecular weight excluding hydrogens is 250 g/mol. The van der Waals surface area contributed by atoms with Gasteiger partial charge in [-0.15, -0.1) is 0 Å². The number of sulfonamides is 1. The van der Waals surface area contributed by atoms with Gasteiger partial charge in [0, 0.05) is 6.20 Å². The smallest absolute Gasteiger partial charge is 0.264 e. The molecule has 1 atom stereocenters. The first kappa shape index (κ1) is 12.8. The molecule has 96 valence electrons. The van der Waals surface area contributed by atoms with Gasteiger partial charge in [-0.05, 0) is 32.4 Å². The molecule has 1 aliphatic rings. The number of carbonyl (C=O) groups is 1. The zero-order valence-electron chi connectivity index (χ0n) is 10.3.